The molecule has 2 amide bonds. The Morgan fingerprint density at radius 1 is 1.29 bits per heavy atom. The number of hydrogen-bond acceptors (Lipinski definition) is 4. The fourth-order valence-electron chi connectivity index (χ4n) is 2.51. The SMILES string of the molecule is CCn1cc(NC(=O)N[C@H](C)c2cc(OC)c(OC)cc2C)cn1. The number of amides is 2. The summed E-state index contributed by atoms with van der Waals surface area (Å²) in [5.74, 6) is 1.30. The first-order valence-corrected chi connectivity index (χ1v) is 7.81. The Labute approximate surface area is 142 Å². The van der Waals surface area contributed by atoms with Crippen LogP contribution in [0.4, 0.5) is 10.5 Å². The fourth-order valence-corrected chi connectivity index (χ4v) is 2.51. The summed E-state index contributed by atoms with van der Waals surface area (Å²) in [6, 6.07) is 3.31. The monoisotopic (exact) mass is 332 g/mol. The second kappa shape index (κ2) is 7.72. The van der Waals surface area contributed by atoms with Crippen molar-refractivity contribution in [3.63, 3.8) is 0 Å². The molecule has 130 valence electrons. The number of urea groups is 1. The van der Waals surface area contributed by atoms with Crippen molar-refractivity contribution in [1.29, 1.82) is 0 Å². The highest BCUT2D eigenvalue weighted by Gasteiger charge is 2.16. The molecule has 2 aromatic rings. The standard InChI is InChI=1S/C17H24N4O3/c1-6-21-10-13(9-18-21)20-17(22)19-12(3)14-8-16(24-5)15(23-4)7-11(14)2/h7-10,12H,6H2,1-5H3,(H2,19,20,22)/t12-/m1/s1. The van der Waals surface area contributed by atoms with E-state index in [0.717, 1.165) is 17.7 Å². The maximum atomic E-state index is 12.2. The Bertz CT molecular complexity index is 712. The van der Waals surface area contributed by atoms with Gasteiger partial charge in [-0.15, -0.1) is 0 Å². The van der Waals surface area contributed by atoms with E-state index in [-0.39, 0.29) is 12.1 Å². The third kappa shape index (κ3) is 3.98. The highest BCUT2D eigenvalue weighted by Crippen LogP contribution is 2.32. The van der Waals surface area contributed by atoms with E-state index in [0.29, 0.717) is 17.2 Å². The second-order valence-electron chi connectivity index (χ2n) is 5.47. The lowest BCUT2D eigenvalue weighted by atomic mass is 10.0. The van der Waals surface area contributed by atoms with Crippen molar-refractivity contribution in [2.24, 2.45) is 0 Å². The molecule has 0 spiro atoms. The van der Waals surface area contributed by atoms with E-state index in [9.17, 15) is 4.79 Å². The van der Waals surface area contributed by atoms with Crippen LogP contribution in [0.2, 0.25) is 0 Å². The number of hydrogen-bond donors (Lipinski definition) is 2. The lowest BCUT2D eigenvalue weighted by molar-refractivity contribution is 0.249. The summed E-state index contributed by atoms with van der Waals surface area (Å²) in [6.07, 6.45) is 3.40. The van der Waals surface area contributed by atoms with Crippen LogP contribution in [-0.2, 0) is 6.54 Å². The minimum atomic E-state index is -0.285. The summed E-state index contributed by atoms with van der Waals surface area (Å²) in [7, 11) is 3.19. The molecule has 0 saturated carbocycles. The van der Waals surface area contributed by atoms with Gasteiger partial charge in [0.2, 0.25) is 0 Å². The molecule has 1 aromatic carbocycles. The molecule has 24 heavy (non-hydrogen) atoms. The lowest BCUT2D eigenvalue weighted by Crippen LogP contribution is -2.31. The number of aryl methyl sites for hydroxylation is 2. The van der Waals surface area contributed by atoms with Crippen molar-refractivity contribution >= 4 is 11.7 Å². The lowest BCUT2D eigenvalue weighted by Gasteiger charge is -2.19. The van der Waals surface area contributed by atoms with Crippen LogP contribution in [-0.4, -0.2) is 30.0 Å². The number of anilines is 1. The van der Waals surface area contributed by atoms with Crippen LogP contribution in [0, 0.1) is 6.92 Å². The normalized spacial score (nSPS) is 11.7. The van der Waals surface area contributed by atoms with Crippen LogP contribution >= 0.6 is 0 Å². The number of aromatic nitrogens is 2. The molecule has 0 radical (unpaired) electrons. The number of carbonyl (C=O) groups is 1. The van der Waals surface area contributed by atoms with E-state index in [1.807, 2.05) is 32.9 Å². The van der Waals surface area contributed by atoms with Crippen LogP contribution in [0.25, 0.3) is 0 Å². The van der Waals surface area contributed by atoms with Crippen molar-refractivity contribution in [3.05, 3.63) is 35.7 Å². The number of nitrogens with one attached hydrogen (secondary N) is 2. The van der Waals surface area contributed by atoms with E-state index >= 15 is 0 Å². The fraction of sp³-hybridized carbons (Fsp3) is 0.412. The summed E-state index contributed by atoms with van der Waals surface area (Å²) < 4.78 is 12.4. The van der Waals surface area contributed by atoms with Gasteiger partial charge in [0.1, 0.15) is 0 Å². The Morgan fingerprint density at radius 2 is 1.96 bits per heavy atom. The molecule has 1 heterocycles. The van der Waals surface area contributed by atoms with Gasteiger partial charge in [-0.1, -0.05) is 0 Å². The molecule has 0 fully saturated rings. The average molecular weight is 332 g/mol. The predicted molar refractivity (Wildman–Crippen MR) is 92.8 cm³/mol. The molecule has 2 N–H and O–H groups in total. The number of rotatable bonds is 6. The van der Waals surface area contributed by atoms with Gasteiger partial charge in [-0.2, -0.15) is 5.10 Å². The van der Waals surface area contributed by atoms with Crippen molar-refractivity contribution < 1.29 is 14.3 Å². The Kier molecular flexibility index (Phi) is 5.68. The number of nitrogens with zero attached hydrogens (tertiary/aromatic N) is 2. The Hall–Kier alpha value is -2.70. The van der Waals surface area contributed by atoms with Gasteiger partial charge in [-0.25, -0.2) is 4.79 Å². The maximum absolute atomic E-state index is 12.2. The van der Waals surface area contributed by atoms with E-state index in [1.165, 1.54) is 0 Å². The minimum absolute atomic E-state index is 0.189. The van der Waals surface area contributed by atoms with Crippen LogP contribution in [0.15, 0.2) is 24.5 Å². The summed E-state index contributed by atoms with van der Waals surface area (Å²) in [4.78, 5) is 12.2. The largest absolute Gasteiger partial charge is 0.493 e. The van der Waals surface area contributed by atoms with Crippen LogP contribution in [0.3, 0.4) is 0 Å². The second-order valence-corrected chi connectivity index (χ2v) is 5.47. The maximum Gasteiger partial charge on any atom is 0.319 e. The Morgan fingerprint density at radius 3 is 2.54 bits per heavy atom. The molecular formula is C17H24N4O3. The molecule has 7 heteroatoms. The zero-order chi connectivity index (χ0) is 17.7. The van der Waals surface area contributed by atoms with Gasteiger partial charge >= 0.3 is 6.03 Å². The molecule has 0 aliphatic heterocycles. The minimum Gasteiger partial charge on any atom is -0.493 e. The van der Waals surface area contributed by atoms with Gasteiger partial charge in [-0.3, -0.25) is 4.68 Å². The van der Waals surface area contributed by atoms with Gasteiger partial charge in [0.05, 0.1) is 32.1 Å². The summed E-state index contributed by atoms with van der Waals surface area (Å²) in [5, 5.41) is 9.82. The summed E-state index contributed by atoms with van der Waals surface area (Å²) in [5.41, 5.74) is 2.64. The molecule has 7 nitrogen and oxygen atoms in total. The molecule has 0 aliphatic rings. The van der Waals surface area contributed by atoms with Gasteiger partial charge in [0.25, 0.3) is 0 Å². The van der Waals surface area contributed by atoms with Crippen LogP contribution in [0.1, 0.15) is 31.0 Å². The number of ether oxygens (including phenoxy) is 2. The topological polar surface area (TPSA) is 77.4 Å². The zero-order valence-corrected chi connectivity index (χ0v) is 14.7. The molecule has 0 bridgehead atoms. The van der Waals surface area contributed by atoms with Gasteiger partial charge in [0.15, 0.2) is 11.5 Å². The molecule has 0 aliphatic carbocycles. The van der Waals surface area contributed by atoms with Crippen molar-refractivity contribution in [1.82, 2.24) is 15.1 Å². The number of methoxy groups -OCH3 is 2. The van der Waals surface area contributed by atoms with Gasteiger partial charge in [-0.05, 0) is 44.0 Å². The first-order valence-electron chi connectivity index (χ1n) is 7.81. The highest BCUT2D eigenvalue weighted by molar-refractivity contribution is 5.89. The van der Waals surface area contributed by atoms with Crippen LogP contribution in [0.5, 0.6) is 11.5 Å². The molecule has 2 rings (SSSR count). The average Bonchev–Trinajstić information content (AvgIpc) is 3.01. The van der Waals surface area contributed by atoms with Crippen molar-refractivity contribution in [2.45, 2.75) is 33.4 Å². The third-order valence-electron chi connectivity index (χ3n) is 3.80. The molecule has 1 atom stereocenters. The van der Waals surface area contributed by atoms with E-state index in [1.54, 1.807) is 31.3 Å². The third-order valence-corrected chi connectivity index (χ3v) is 3.80. The van der Waals surface area contributed by atoms with Crippen LogP contribution < -0.4 is 20.1 Å². The van der Waals surface area contributed by atoms with E-state index in [2.05, 4.69) is 15.7 Å². The van der Waals surface area contributed by atoms with Crippen molar-refractivity contribution in [3.8, 4) is 11.5 Å². The van der Waals surface area contributed by atoms with E-state index < -0.39 is 0 Å². The van der Waals surface area contributed by atoms with Gasteiger partial charge in [0, 0.05) is 12.7 Å². The first-order chi connectivity index (χ1) is 11.5. The van der Waals surface area contributed by atoms with Gasteiger partial charge < -0.3 is 20.1 Å². The first kappa shape index (κ1) is 17.7. The van der Waals surface area contributed by atoms with E-state index in [4.69, 9.17) is 9.47 Å². The predicted octanol–water partition coefficient (Wildman–Crippen LogP) is 3.11. The smallest absolute Gasteiger partial charge is 0.319 e. The summed E-state index contributed by atoms with van der Waals surface area (Å²) in [6.45, 7) is 6.63. The molecule has 0 unspecified atom stereocenters. The highest BCUT2D eigenvalue weighted by atomic mass is 16.5. The molecular weight excluding hydrogens is 308 g/mol. The Balaban J connectivity index is 2.08. The van der Waals surface area contributed by atoms with Crippen molar-refractivity contribution in [2.75, 3.05) is 19.5 Å². The summed E-state index contributed by atoms with van der Waals surface area (Å²) >= 11 is 0. The number of carbonyl (C=O) groups excluding carboxylic acids is 1. The molecule has 0 saturated heterocycles. The number of benzene rings is 1. The zero-order valence-electron chi connectivity index (χ0n) is 14.7. The quantitative estimate of drug-likeness (QED) is 0.852. The molecule has 1 aromatic heterocycles.